The molecule has 1 fully saturated rings. The van der Waals surface area contributed by atoms with Crippen LogP contribution in [-0.4, -0.2) is 43.8 Å². The first-order valence-corrected chi connectivity index (χ1v) is 15.9. The van der Waals surface area contributed by atoms with Crippen LogP contribution in [0.25, 0.3) is 0 Å². The number of nitrogens with zero attached hydrogens (tertiary/aromatic N) is 2. The largest absolute Gasteiger partial charge is 0.352 e. The molecule has 9 heteroatoms. The van der Waals surface area contributed by atoms with E-state index in [-0.39, 0.29) is 29.0 Å². The standard InChI is InChI=1S/C33H40FN3O4S/c1-23-14-16-30(17-15-23)42(40,41)37(29-19-24(2)18-25(3)20-29)22-32(38)36(21-27-10-8-9-13-31(27)34)26(4)33(39)35-28-11-6-5-7-12-28/h8-10,13-20,26,28H,5-7,11-12,21-22H2,1-4H3,(H,35,39). The second-order valence-corrected chi connectivity index (χ2v) is 13.2. The number of anilines is 1. The smallest absolute Gasteiger partial charge is 0.264 e. The fraction of sp³-hybridized carbons (Fsp3) is 0.394. The molecule has 0 saturated heterocycles. The van der Waals surface area contributed by atoms with E-state index in [1.807, 2.05) is 26.8 Å². The second-order valence-electron chi connectivity index (χ2n) is 11.3. The molecule has 7 nitrogen and oxygen atoms in total. The van der Waals surface area contributed by atoms with Crippen molar-refractivity contribution in [1.82, 2.24) is 10.2 Å². The Kier molecular flexibility index (Phi) is 10.0. The molecular formula is C33H40FN3O4S. The van der Waals surface area contributed by atoms with Crippen LogP contribution in [-0.2, 0) is 26.2 Å². The van der Waals surface area contributed by atoms with Gasteiger partial charge in [0.2, 0.25) is 11.8 Å². The summed E-state index contributed by atoms with van der Waals surface area (Å²) in [5, 5.41) is 3.06. The highest BCUT2D eigenvalue weighted by Crippen LogP contribution is 2.27. The predicted molar refractivity (Wildman–Crippen MR) is 163 cm³/mol. The number of hydrogen-bond acceptors (Lipinski definition) is 4. The molecule has 0 aromatic heterocycles. The number of carbonyl (C=O) groups excluding carboxylic acids is 2. The monoisotopic (exact) mass is 593 g/mol. The summed E-state index contributed by atoms with van der Waals surface area (Å²) in [5.74, 6) is -1.46. The molecule has 1 aliphatic rings. The van der Waals surface area contributed by atoms with Crippen molar-refractivity contribution < 1.29 is 22.4 Å². The van der Waals surface area contributed by atoms with E-state index in [1.54, 1.807) is 49.4 Å². The van der Waals surface area contributed by atoms with E-state index in [2.05, 4.69) is 5.32 Å². The van der Waals surface area contributed by atoms with E-state index in [4.69, 9.17) is 0 Å². The lowest BCUT2D eigenvalue weighted by molar-refractivity contribution is -0.139. The van der Waals surface area contributed by atoms with Gasteiger partial charge in [-0.2, -0.15) is 0 Å². The number of halogens is 1. The zero-order valence-electron chi connectivity index (χ0n) is 24.8. The summed E-state index contributed by atoms with van der Waals surface area (Å²) < 4.78 is 43.9. The van der Waals surface area contributed by atoms with E-state index in [9.17, 15) is 22.4 Å². The van der Waals surface area contributed by atoms with Crippen LogP contribution in [0.4, 0.5) is 10.1 Å². The van der Waals surface area contributed by atoms with Crippen LogP contribution in [0.2, 0.25) is 0 Å². The summed E-state index contributed by atoms with van der Waals surface area (Å²) >= 11 is 0. The molecule has 4 rings (SSSR count). The van der Waals surface area contributed by atoms with Crippen LogP contribution in [0.5, 0.6) is 0 Å². The quantitative estimate of drug-likeness (QED) is 0.321. The van der Waals surface area contributed by atoms with Crippen molar-refractivity contribution in [2.75, 3.05) is 10.8 Å². The number of amides is 2. The topological polar surface area (TPSA) is 86.8 Å². The van der Waals surface area contributed by atoms with Gasteiger partial charge in [0.15, 0.2) is 0 Å². The molecule has 0 bridgehead atoms. The molecule has 3 aromatic rings. The molecule has 0 aliphatic heterocycles. The minimum Gasteiger partial charge on any atom is -0.352 e. The molecule has 3 aromatic carbocycles. The van der Waals surface area contributed by atoms with Gasteiger partial charge in [-0.25, -0.2) is 12.8 Å². The van der Waals surface area contributed by atoms with Crippen LogP contribution in [0, 0.1) is 26.6 Å². The third kappa shape index (κ3) is 7.56. The first-order chi connectivity index (χ1) is 20.0. The zero-order valence-corrected chi connectivity index (χ0v) is 25.6. The van der Waals surface area contributed by atoms with Crippen molar-refractivity contribution in [3.05, 3.63) is 94.8 Å². The van der Waals surface area contributed by atoms with Crippen LogP contribution < -0.4 is 9.62 Å². The first kappa shape index (κ1) is 31.2. The SMILES string of the molecule is Cc1ccc(S(=O)(=O)N(CC(=O)N(Cc2ccccc2F)C(C)C(=O)NC2CCCCC2)c2cc(C)cc(C)c2)cc1. The normalized spacial score (nSPS) is 14.7. The first-order valence-electron chi connectivity index (χ1n) is 14.5. The van der Waals surface area contributed by atoms with Gasteiger partial charge in [0.25, 0.3) is 10.0 Å². The third-order valence-electron chi connectivity index (χ3n) is 7.80. The Morgan fingerprint density at radius 1 is 0.905 bits per heavy atom. The lowest BCUT2D eigenvalue weighted by Gasteiger charge is -2.33. The Hall–Kier alpha value is -3.72. The Morgan fingerprint density at radius 2 is 1.52 bits per heavy atom. The number of hydrogen-bond donors (Lipinski definition) is 1. The summed E-state index contributed by atoms with van der Waals surface area (Å²) in [6, 6.07) is 16.9. The maximum absolute atomic E-state index is 14.8. The average molecular weight is 594 g/mol. The maximum Gasteiger partial charge on any atom is 0.264 e. The van der Waals surface area contributed by atoms with E-state index in [0.717, 1.165) is 53.1 Å². The highest BCUT2D eigenvalue weighted by Gasteiger charge is 2.33. The van der Waals surface area contributed by atoms with Crippen molar-refractivity contribution in [1.29, 1.82) is 0 Å². The number of aryl methyl sites for hydroxylation is 3. The molecule has 42 heavy (non-hydrogen) atoms. The summed E-state index contributed by atoms with van der Waals surface area (Å²) in [5.41, 5.74) is 3.15. The second kappa shape index (κ2) is 13.5. The number of nitrogens with one attached hydrogen (secondary N) is 1. The Labute approximate surface area is 248 Å². The fourth-order valence-electron chi connectivity index (χ4n) is 5.42. The Bertz CT molecular complexity index is 1500. The molecule has 1 N–H and O–H groups in total. The molecule has 0 heterocycles. The van der Waals surface area contributed by atoms with Crippen molar-refractivity contribution in [3.63, 3.8) is 0 Å². The van der Waals surface area contributed by atoms with Gasteiger partial charge in [-0.15, -0.1) is 0 Å². The Morgan fingerprint density at radius 3 is 2.14 bits per heavy atom. The summed E-state index contributed by atoms with van der Waals surface area (Å²) in [6.45, 7) is 6.44. The van der Waals surface area contributed by atoms with E-state index >= 15 is 0 Å². The van der Waals surface area contributed by atoms with Crippen LogP contribution >= 0.6 is 0 Å². The van der Waals surface area contributed by atoms with Crippen molar-refractivity contribution in [3.8, 4) is 0 Å². The molecule has 0 radical (unpaired) electrons. The van der Waals surface area contributed by atoms with Crippen LogP contribution in [0.15, 0.2) is 71.6 Å². The fourth-order valence-corrected chi connectivity index (χ4v) is 6.82. The highest BCUT2D eigenvalue weighted by atomic mass is 32.2. The van der Waals surface area contributed by atoms with Gasteiger partial charge in [0.05, 0.1) is 10.6 Å². The average Bonchev–Trinajstić information content (AvgIpc) is 2.95. The van der Waals surface area contributed by atoms with Gasteiger partial charge in [-0.05, 0) is 82.0 Å². The van der Waals surface area contributed by atoms with Gasteiger partial charge >= 0.3 is 0 Å². The molecule has 1 unspecified atom stereocenters. The lowest BCUT2D eigenvalue weighted by Crippen LogP contribution is -2.53. The van der Waals surface area contributed by atoms with Crippen LogP contribution in [0.3, 0.4) is 0 Å². The summed E-state index contributed by atoms with van der Waals surface area (Å²) in [6.07, 6.45) is 4.92. The Balaban J connectivity index is 1.71. The summed E-state index contributed by atoms with van der Waals surface area (Å²) in [4.78, 5) is 28.8. The number of carbonyl (C=O) groups is 2. The lowest BCUT2D eigenvalue weighted by atomic mass is 9.95. The minimum absolute atomic E-state index is 0.0211. The molecule has 1 aliphatic carbocycles. The molecule has 224 valence electrons. The van der Waals surface area contributed by atoms with Gasteiger partial charge in [0.1, 0.15) is 18.4 Å². The number of benzene rings is 3. The van der Waals surface area contributed by atoms with Gasteiger partial charge in [-0.1, -0.05) is 61.2 Å². The van der Waals surface area contributed by atoms with E-state index in [1.165, 1.54) is 23.1 Å². The molecule has 1 saturated carbocycles. The zero-order chi connectivity index (χ0) is 30.4. The van der Waals surface area contributed by atoms with Crippen molar-refractivity contribution in [2.45, 2.75) is 83.3 Å². The molecular weight excluding hydrogens is 553 g/mol. The van der Waals surface area contributed by atoms with Crippen molar-refractivity contribution in [2.24, 2.45) is 0 Å². The van der Waals surface area contributed by atoms with E-state index in [0.29, 0.717) is 5.69 Å². The molecule has 2 amide bonds. The molecule has 0 spiro atoms. The van der Waals surface area contributed by atoms with Gasteiger partial charge < -0.3 is 10.2 Å². The maximum atomic E-state index is 14.8. The number of sulfonamides is 1. The highest BCUT2D eigenvalue weighted by molar-refractivity contribution is 7.92. The van der Waals surface area contributed by atoms with Gasteiger partial charge in [-0.3, -0.25) is 13.9 Å². The molecule has 1 atom stereocenters. The van der Waals surface area contributed by atoms with Crippen molar-refractivity contribution >= 4 is 27.5 Å². The third-order valence-corrected chi connectivity index (χ3v) is 9.59. The number of rotatable bonds is 10. The van der Waals surface area contributed by atoms with Gasteiger partial charge in [0, 0.05) is 18.2 Å². The summed E-state index contributed by atoms with van der Waals surface area (Å²) in [7, 11) is -4.17. The minimum atomic E-state index is -4.17. The predicted octanol–water partition coefficient (Wildman–Crippen LogP) is 5.81. The van der Waals surface area contributed by atoms with E-state index < -0.39 is 34.3 Å². The van der Waals surface area contributed by atoms with Crippen LogP contribution in [0.1, 0.15) is 61.3 Å².